The number of hydrogen-bond donors (Lipinski definition) is 3. The van der Waals surface area contributed by atoms with Crippen LogP contribution in [-0.2, 0) is 11.2 Å². The molecule has 0 radical (unpaired) electrons. The summed E-state index contributed by atoms with van der Waals surface area (Å²) in [6.45, 7) is 0. The number of nitrogens with one attached hydrogen (secondary N) is 2. The molecular weight excluding hydrogens is 456 g/mol. The Balaban J connectivity index is 1.50. The number of phenols is 1. The van der Waals surface area contributed by atoms with E-state index in [0.717, 1.165) is 21.9 Å². The number of phenolic OH excluding ortho intramolecular Hbond substituents is 1. The lowest BCUT2D eigenvalue weighted by Crippen LogP contribution is -2.17. The van der Waals surface area contributed by atoms with Crippen LogP contribution in [0.15, 0.2) is 84.0 Å². The molecule has 3 N–H and O–H groups in total. The third kappa shape index (κ3) is 5.48. The monoisotopic (exact) mass is 478 g/mol. The molecule has 0 heterocycles. The van der Waals surface area contributed by atoms with E-state index in [2.05, 4.69) is 15.8 Å². The molecule has 0 atom stereocenters. The standard InChI is InChI=1S/C28H22N4O4/c1-36-22-6-4-5-18(13-22)14-27(34)31-25-11-9-20(23-7-2-3-8-24(23)25)17-30-32-28(35)19-10-12-26(33)21(15-19)16-29/h2-13,15,17,33H,14H2,1H3,(H,31,34)(H,32,35)/b30-17+. The Morgan fingerprint density at radius 3 is 2.61 bits per heavy atom. The van der Waals surface area contributed by atoms with Crippen molar-refractivity contribution in [1.29, 1.82) is 5.26 Å². The van der Waals surface area contributed by atoms with Crippen LogP contribution in [0.5, 0.6) is 11.5 Å². The number of benzene rings is 4. The molecule has 0 aromatic heterocycles. The van der Waals surface area contributed by atoms with E-state index in [1.54, 1.807) is 19.2 Å². The van der Waals surface area contributed by atoms with Crippen molar-refractivity contribution >= 4 is 34.5 Å². The minimum absolute atomic E-state index is 0.00154. The van der Waals surface area contributed by atoms with Gasteiger partial charge in [0.25, 0.3) is 5.91 Å². The molecule has 0 spiro atoms. The molecule has 4 rings (SSSR count). The molecule has 4 aromatic carbocycles. The number of aromatic hydroxyl groups is 1. The highest BCUT2D eigenvalue weighted by Gasteiger charge is 2.11. The van der Waals surface area contributed by atoms with E-state index in [1.165, 1.54) is 24.4 Å². The number of anilines is 1. The van der Waals surface area contributed by atoms with Crippen molar-refractivity contribution in [3.63, 3.8) is 0 Å². The third-order valence-electron chi connectivity index (χ3n) is 5.48. The van der Waals surface area contributed by atoms with Crippen molar-refractivity contribution in [3.8, 4) is 17.6 Å². The number of fused-ring (bicyclic) bond motifs is 1. The van der Waals surface area contributed by atoms with Crippen LogP contribution >= 0.6 is 0 Å². The van der Waals surface area contributed by atoms with Gasteiger partial charge in [0.15, 0.2) is 0 Å². The third-order valence-corrected chi connectivity index (χ3v) is 5.48. The normalized spacial score (nSPS) is 10.7. The molecule has 8 heteroatoms. The van der Waals surface area contributed by atoms with Gasteiger partial charge in [-0.15, -0.1) is 0 Å². The van der Waals surface area contributed by atoms with Gasteiger partial charge in [0, 0.05) is 22.2 Å². The maximum atomic E-state index is 12.7. The van der Waals surface area contributed by atoms with E-state index in [0.29, 0.717) is 11.4 Å². The predicted molar refractivity (Wildman–Crippen MR) is 137 cm³/mol. The fourth-order valence-electron chi connectivity index (χ4n) is 3.70. The molecule has 0 saturated carbocycles. The van der Waals surface area contributed by atoms with Gasteiger partial charge >= 0.3 is 0 Å². The zero-order chi connectivity index (χ0) is 25.5. The second-order valence-electron chi connectivity index (χ2n) is 7.87. The van der Waals surface area contributed by atoms with E-state index >= 15 is 0 Å². The fraction of sp³-hybridized carbons (Fsp3) is 0.0714. The highest BCUT2D eigenvalue weighted by Crippen LogP contribution is 2.26. The van der Waals surface area contributed by atoms with Gasteiger partial charge < -0.3 is 15.2 Å². The van der Waals surface area contributed by atoms with Crippen LogP contribution in [0.25, 0.3) is 10.8 Å². The number of carbonyl (C=O) groups excluding carboxylic acids is 2. The van der Waals surface area contributed by atoms with E-state index in [9.17, 15) is 14.7 Å². The first-order valence-corrected chi connectivity index (χ1v) is 11.0. The van der Waals surface area contributed by atoms with Gasteiger partial charge in [0.05, 0.1) is 25.3 Å². The van der Waals surface area contributed by atoms with Crippen LogP contribution in [0.2, 0.25) is 0 Å². The molecule has 36 heavy (non-hydrogen) atoms. The number of rotatable bonds is 7. The molecule has 8 nitrogen and oxygen atoms in total. The predicted octanol–water partition coefficient (Wildman–Crippen LogP) is 4.37. The van der Waals surface area contributed by atoms with Crippen LogP contribution in [0, 0.1) is 11.3 Å². The van der Waals surface area contributed by atoms with Crippen molar-refractivity contribution < 1.29 is 19.4 Å². The van der Waals surface area contributed by atoms with Gasteiger partial charge in [-0.05, 0) is 47.3 Å². The van der Waals surface area contributed by atoms with Crippen molar-refractivity contribution in [1.82, 2.24) is 5.43 Å². The van der Waals surface area contributed by atoms with Gasteiger partial charge in [0.1, 0.15) is 17.6 Å². The summed E-state index contributed by atoms with van der Waals surface area (Å²) in [6, 6.07) is 24.3. The van der Waals surface area contributed by atoms with Crippen LogP contribution in [0.1, 0.15) is 27.0 Å². The summed E-state index contributed by atoms with van der Waals surface area (Å²) in [5.74, 6) is -0.182. The molecule has 0 fully saturated rings. The first kappa shape index (κ1) is 24.0. The Labute approximate surface area is 207 Å². The van der Waals surface area contributed by atoms with Crippen molar-refractivity contribution in [2.45, 2.75) is 6.42 Å². The number of nitrogens with zero attached hydrogens (tertiary/aromatic N) is 2. The van der Waals surface area contributed by atoms with Crippen LogP contribution < -0.4 is 15.5 Å². The van der Waals surface area contributed by atoms with E-state index < -0.39 is 5.91 Å². The Morgan fingerprint density at radius 2 is 1.83 bits per heavy atom. The first-order chi connectivity index (χ1) is 17.5. The van der Waals surface area contributed by atoms with Crippen LogP contribution in [0.3, 0.4) is 0 Å². The van der Waals surface area contributed by atoms with Crippen molar-refractivity contribution in [2.75, 3.05) is 12.4 Å². The lowest BCUT2D eigenvalue weighted by atomic mass is 10.0. The second kappa shape index (κ2) is 10.8. The Hall–Kier alpha value is -5.16. The fourth-order valence-corrected chi connectivity index (χ4v) is 3.70. The average Bonchev–Trinajstić information content (AvgIpc) is 2.90. The molecule has 0 unspecified atom stereocenters. The molecule has 2 amide bonds. The van der Waals surface area contributed by atoms with Crippen molar-refractivity contribution in [2.24, 2.45) is 5.10 Å². The maximum Gasteiger partial charge on any atom is 0.271 e. The molecular formula is C28H22N4O4. The summed E-state index contributed by atoms with van der Waals surface area (Å²) in [4.78, 5) is 25.1. The number of ether oxygens (including phenoxy) is 1. The van der Waals surface area contributed by atoms with E-state index in [-0.39, 0.29) is 29.2 Å². The molecule has 0 aliphatic rings. The van der Waals surface area contributed by atoms with Gasteiger partial charge in [-0.3, -0.25) is 9.59 Å². The number of carbonyl (C=O) groups is 2. The van der Waals surface area contributed by atoms with Crippen molar-refractivity contribution in [3.05, 3.63) is 101 Å². The Morgan fingerprint density at radius 1 is 1.03 bits per heavy atom. The SMILES string of the molecule is COc1cccc(CC(=O)Nc2ccc(/C=N/NC(=O)c3ccc(O)c(C#N)c3)c3ccccc23)c1. The molecule has 178 valence electrons. The number of nitriles is 1. The van der Waals surface area contributed by atoms with Crippen LogP contribution in [-0.4, -0.2) is 30.2 Å². The zero-order valence-corrected chi connectivity index (χ0v) is 19.4. The van der Waals surface area contributed by atoms with Gasteiger partial charge in [0.2, 0.25) is 5.91 Å². The second-order valence-corrected chi connectivity index (χ2v) is 7.87. The lowest BCUT2D eigenvalue weighted by Gasteiger charge is -2.11. The number of amides is 2. The first-order valence-electron chi connectivity index (χ1n) is 11.0. The van der Waals surface area contributed by atoms with E-state index in [1.807, 2.05) is 54.6 Å². The largest absolute Gasteiger partial charge is 0.507 e. The van der Waals surface area contributed by atoms with E-state index in [4.69, 9.17) is 10.00 Å². The summed E-state index contributed by atoms with van der Waals surface area (Å²) in [5.41, 5.74) is 4.86. The Kier molecular flexibility index (Phi) is 7.22. The quantitative estimate of drug-likeness (QED) is 0.269. The maximum absolute atomic E-state index is 12.7. The molecule has 0 bridgehead atoms. The van der Waals surface area contributed by atoms with Gasteiger partial charge in [-0.25, -0.2) is 5.43 Å². The summed E-state index contributed by atoms with van der Waals surface area (Å²) < 4.78 is 5.22. The topological polar surface area (TPSA) is 124 Å². The van der Waals surface area contributed by atoms with Crippen LogP contribution in [0.4, 0.5) is 5.69 Å². The summed E-state index contributed by atoms with van der Waals surface area (Å²) in [5, 5.41) is 27.3. The Bertz CT molecular complexity index is 1520. The average molecular weight is 479 g/mol. The summed E-state index contributed by atoms with van der Waals surface area (Å²) >= 11 is 0. The number of hydrogen-bond acceptors (Lipinski definition) is 6. The summed E-state index contributed by atoms with van der Waals surface area (Å²) in [7, 11) is 1.58. The minimum atomic E-state index is -0.520. The zero-order valence-electron chi connectivity index (χ0n) is 19.4. The molecule has 0 saturated heterocycles. The summed E-state index contributed by atoms with van der Waals surface area (Å²) in [6.07, 6.45) is 1.71. The number of methoxy groups -OCH3 is 1. The molecule has 4 aromatic rings. The minimum Gasteiger partial charge on any atom is -0.507 e. The van der Waals surface area contributed by atoms with Gasteiger partial charge in [-0.1, -0.05) is 42.5 Å². The number of hydrazone groups is 1. The smallest absolute Gasteiger partial charge is 0.271 e. The highest BCUT2D eigenvalue weighted by molar-refractivity contribution is 6.08. The highest BCUT2D eigenvalue weighted by atomic mass is 16.5. The van der Waals surface area contributed by atoms with Gasteiger partial charge in [-0.2, -0.15) is 10.4 Å². The molecule has 0 aliphatic heterocycles. The molecule has 0 aliphatic carbocycles. The lowest BCUT2D eigenvalue weighted by molar-refractivity contribution is -0.115.